The van der Waals surface area contributed by atoms with Crippen molar-refractivity contribution < 1.29 is 84.4 Å². The number of carboxylic acid groups (broad SMARTS) is 1. The van der Waals surface area contributed by atoms with Crippen molar-refractivity contribution in [1.29, 1.82) is 0 Å². The maximum absolute atomic E-state index is 14.1. The van der Waals surface area contributed by atoms with E-state index in [1.54, 1.807) is 0 Å². The predicted octanol–water partition coefficient (Wildman–Crippen LogP) is 15.1. The van der Waals surface area contributed by atoms with Crippen molar-refractivity contribution in [3.63, 3.8) is 0 Å². The van der Waals surface area contributed by atoms with Gasteiger partial charge in [0.05, 0.1) is 27.8 Å². The molecule has 2 heterocycles. The topological polar surface area (TPSA) is 247 Å². The second kappa shape index (κ2) is 53.9. The largest absolute Gasteiger partial charge is 0.480 e. The molecule has 2 fully saturated rings. The van der Waals surface area contributed by atoms with Gasteiger partial charge in [-0.2, -0.15) is 0 Å². The van der Waals surface area contributed by atoms with Crippen LogP contribution in [0.25, 0.3) is 0 Å². The first-order valence-electron chi connectivity index (χ1n) is 36.3. The second-order valence-electron chi connectivity index (χ2n) is 24.6. The van der Waals surface area contributed by atoms with Crippen LogP contribution < -0.4 is 5.32 Å². The van der Waals surface area contributed by atoms with Crippen LogP contribution in [-0.2, 0) is 56.6 Å². The number of hydrogen-bond donors (Lipinski definition) is 6. The molecule has 0 aliphatic carbocycles. The first kappa shape index (κ1) is 77.8. The summed E-state index contributed by atoms with van der Waals surface area (Å²) in [4.78, 5) is 46.9. The number of phosphoric ester groups is 1. The second-order valence-corrected chi connectivity index (χ2v) is 25.8. The molecule has 0 saturated carbocycles. The van der Waals surface area contributed by atoms with Crippen molar-refractivity contribution in [2.24, 2.45) is 0 Å². The van der Waals surface area contributed by atoms with E-state index in [0.29, 0.717) is 25.9 Å². The molecule has 19 heteroatoms. The average Bonchev–Trinajstić information content (AvgIpc) is 0.797. The molecule has 0 bridgehead atoms. The van der Waals surface area contributed by atoms with Gasteiger partial charge in [-0.1, -0.05) is 252 Å². The van der Waals surface area contributed by atoms with Crippen molar-refractivity contribution >= 4 is 19.7 Å². The van der Waals surface area contributed by atoms with Crippen LogP contribution in [0.4, 0.5) is 0 Å². The molecule has 0 spiro atoms. The summed E-state index contributed by atoms with van der Waals surface area (Å²) in [5, 5.41) is 38.2. The van der Waals surface area contributed by atoms with Gasteiger partial charge < -0.3 is 68.3 Å². The quantitative estimate of drug-likeness (QED) is 0.0188. The van der Waals surface area contributed by atoms with Crippen molar-refractivity contribution in [3.8, 4) is 0 Å². The van der Waals surface area contributed by atoms with E-state index in [1.165, 1.54) is 90.6 Å². The van der Waals surface area contributed by atoms with Crippen molar-refractivity contribution in [2.45, 2.75) is 358 Å². The van der Waals surface area contributed by atoms with Crippen LogP contribution in [0.1, 0.15) is 300 Å². The normalized spacial score (nSPS) is 24.5. The number of carbonyl (C=O) groups excluding carboxylic acids is 1. The monoisotopic (exact) mass is 1270 g/mol. The number of hydrogen-bond acceptors (Lipinski definition) is 14. The molecule has 3 unspecified atom stereocenters. The number of nitrogens with one attached hydrogen (secondary N) is 1. The van der Waals surface area contributed by atoms with E-state index in [4.69, 9.17) is 43.8 Å². The Morgan fingerprint density at radius 2 is 1.05 bits per heavy atom. The van der Waals surface area contributed by atoms with E-state index in [9.17, 15) is 40.6 Å². The zero-order valence-electron chi connectivity index (χ0n) is 57.3. The minimum absolute atomic E-state index is 0.0678. The number of aliphatic hydroxyl groups is 2. The Labute approximate surface area is 531 Å². The molecule has 514 valence electrons. The van der Waals surface area contributed by atoms with Gasteiger partial charge in [0.2, 0.25) is 5.91 Å². The van der Waals surface area contributed by atoms with Crippen molar-refractivity contribution in [3.05, 3.63) is 12.2 Å². The van der Waals surface area contributed by atoms with Crippen LogP contribution in [0, 0.1) is 0 Å². The van der Waals surface area contributed by atoms with Crippen LogP contribution in [0.3, 0.4) is 0 Å². The Balaban J connectivity index is 2.46. The lowest BCUT2D eigenvalue weighted by atomic mass is 9.82. The number of carboxylic acids is 1. The van der Waals surface area contributed by atoms with Gasteiger partial charge >= 0.3 is 13.8 Å². The molecule has 0 aromatic rings. The average molecular weight is 1270 g/mol. The van der Waals surface area contributed by atoms with Crippen molar-refractivity contribution in [1.82, 2.24) is 5.32 Å². The molecule has 18 nitrogen and oxygen atoms in total. The molecule has 2 saturated heterocycles. The van der Waals surface area contributed by atoms with Crippen LogP contribution in [-0.4, -0.2) is 151 Å². The minimum Gasteiger partial charge on any atom is -0.480 e. The van der Waals surface area contributed by atoms with E-state index in [2.05, 4.69) is 45.2 Å². The van der Waals surface area contributed by atoms with Gasteiger partial charge in [0, 0.05) is 28.1 Å². The highest BCUT2D eigenvalue weighted by Gasteiger charge is 2.57. The van der Waals surface area contributed by atoms with Crippen LogP contribution in [0.15, 0.2) is 12.2 Å². The molecule has 0 aromatic carbocycles. The van der Waals surface area contributed by atoms with E-state index in [0.717, 1.165) is 141 Å². The lowest BCUT2D eigenvalue weighted by Crippen LogP contribution is -2.69. The first-order chi connectivity index (χ1) is 43.1. The molecule has 0 aromatic heterocycles. The summed E-state index contributed by atoms with van der Waals surface area (Å²) in [6.07, 6.45) is 31.7. The highest BCUT2D eigenvalue weighted by molar-refractivity contribution is 7.46. The van der Waals surface area contributed by atoms with Gasteiger partial charge in [-0.05, 0) is 51.3 Å². The smallest absolute Gasteiger partial charge is 0.470 e. The number of methoxy groups -OCH3 is 1. The SMILES string of the molecule is [2H]C(CCCCCCCCCCC)O[C@H]1[C@H](O)[C@@H](CO[C@@H]2O[C@H](COC)[C@@H](OP(=O)(O)O)[C@H](OCCOCCCCCCCCC)[C@H]2NC(=O)CCCCCCCCC/C=C\CCCCCC)OC(OCC(=O)O)[C@@]1(O)C([2H])CCCCCCCCCCC. The van der Waals surface area contributed by atoms with Gasteiger partial charge in [-0.15, -0.1) is 0 Å². The molecular formula is C68H130NO17P. The number of amides is 1. The Morgan fingerprint density at radius 1 is 0.563 bits per heavy atom. The number of aliphatic hydroxyl groups excluding tert-OH is 1. The number of ether oxygens (including phenoxy) is 8. The highest BCUT2D eigenvalue weighted by Crippen LogP contribution is 2.43. The van der Waals surface area contributed by atoms with E-state index < -0.39 is 107 Å². The van der Waals surface area contributed by atoms with Gasteiger partial charge in [-0.25, -0.2) is 9.36 Å². The summed E-state index contributed by atoms with van der Waals surface area (Å²) in [5.74, 6) is -1.78. The van der Waals surface area contributed by atoms with E-state index >= 15 is 0 Å². The standard InChI is InChI=1S/C68H130NO17P/c1-6-10-14-18-22-25-28-29-30-31-32-33-36-40-44-48-59(70)69-61-64(80-53-52-79-50-46-42-38-21-17-13-9-4)63(86-87(75,76)77)58(54-78-5)84-66(61)82-55-57-62(73)65(81-51-47-43-39-35-27-24-20-16-12-8-3)68(74,67(85-57)83-56-60(71)72)49-45-41-37-34-26-23-19-15-11-7-2/h25,28,57-58,61-67,73-74H,6-24,26-27,29-56H2,1-5H3,(H,69,70)(H,71,72)(H2,75,76,77)/b28-25-/t57-,58-,61-,62-,63-,64-,65+,66-,67?,68-/m1/s1/i49D,51D/t49?,51?,57-,58-,61-,62-,63-,64-,65+,66-,67?,68-. The van der Waals surface area contributed by atoms with Crippen LogP contribution in [0.5, 0.6) is 0 Å². The van der Waals surface area contributed by atoms with Crippen molar-refractivity contribution in [2.75, 3.05) is 53.3 Å². The molecule has 2 rings (SSSR count). The summed E-state index contributed by atoms with van der Waals surface area (Å²) >= 11 is 0. The Hall–Kier alpha value is -1.61. The summed E-state index contributed by atoms with van der Waals surface area (Å²) < 4.78 is 86.0. The molecule has 6 N–H and O–H groups in total. The molecule has 2 aliphatic rings. The summed E-state index contributed by atoms with van der Waals surface area (Å²) in [6.45, 7) is 6.27. The highest BCUT2D eigenvalue weighted by atomic mass is 31.2. The van der Waals surface area contributed by atoms with Gasteiger partial charge in [0.15, 0.2) is 12.6 Å². The fraction of sp³-hybridized carbons (Fsp3) is 0.941. The molecule has 87 heavy (non-hydrogen) atoms. The first-order valence-corrected chi connectivity index (χ1v) is 36.6. The zero-order valence-corrected chi connectivity index (χ0v) is 56.2. The molecule has 0 radical (unpaired) electrons. The van der Waals surface area contributed by atoms with Crippen LogP contribution >= 0.6 is 7.82 Å². The Morgan fingerprint density at radius 3 is 1.56 bits per heavy atom. The Bertz CT molecular complexity index is 1770. The number of unbranched alkanes of at least 4 members (excludes halogenated alkanes) is 33. The molecular weight excluding hydrogens is 1130 g/mol. The fourth-order valence-corrected chi connectivity index (χ4v) is 12.2. The number of phosphoric acid groups is 1. The summed E-state index contributed by atoms with van der Waals surface area (Å²) in [5.41, 5.74) is -2.46. The molecule has 12 atom stereocenters. The number of rotatable bonds is 61. The van der Waals surface area contributed by atoms with E-state index in [1.807, 2.05) is 0 Å². The maximum atomic E-state index is 14.1. The third kappa shape index (κ3) is 39.5. The molecule has 1 amide bonds. The van der Waals surface area contributed by atoms with Gasteiger partial charge in [0.25, 0.3) is 0 Å². The predicted molar refractivity (Wildman–Crippen MR) is 345 cm³/mol. The summed E-state index contributed by atoms with van der Waals surface area (Å²) in [7, 11) is -3.88. The fourth-order valence-electron chi connectivity index (χ4n) is 11.6. The zero-order chi connectivity index (χ0) is 65.2. The molecule has 2 aliphatic heterocycles. The van der Waals surface area contributed by atoms with Crippen LogP contribution in [0.2, 0.25) is 0 Å². The maximum Gasteiger partial charge on any atom is 0.470 e. The third-order valence-corrected chi connectivity index (χ3v) is 17.2. The van der Waals surface area contributed by atoms with Gasteiger partial charge in [0.1, 0.15) is 54.9 Å². The third-order valence-electron chi connectivity index (χ3n) is 16.7. The number of carbonyl (C=O) groups is 2. The summed E-state index contributed by atoms with van der Waals surface area (Å²) in [6, 6.07) is -1.30. The van der Waals surface area contributed by atoms with Gasteiger partial charge in [-0.3, -0.25) is 9.32 Å². The lowest BCUT2D eigenvalue weighted by Gasteiger charge is -2.50. The minimum atomic E-state index is -5.25. The number of allylic oxidation sites excluding steroid dienone is 2. The Kier molecular flexibility index (Phi) is 48.2. The van der Waals surface area contributed by atoms with E-state index in [-0.39, 0.29) is 39.1 Å². The lowest BCUT2D eigenvalue weighted by molar-refractivity contribution is -0.356. The number of aliphatic carboxylic acids is 1.